The van der Waals surface area contributed by atoms with Gasteiger partial charge in [0.2, 0.25) is 0 Å². The molecule has 132 valence electrons. The fraction of sp³-hybridized carbons (Fsp3) is 0.111. The molecule has 26 heavy (non-hydrogen) atoms. The van der Waals surface area contributed by atoms with Gasteiger partial charge in [0.25, 0.3) is 5.91 Å². The van der Waals surface area contributed by atoms with Crippen molar-refractivity contribution in [1.82, 2.24) is 20.3 Å². The van der Waals surface area contributed by atoms with Crippen LogP contribution in [0, 0.1) is 0 Å². The molecule has 0 aromatic carbocycles. The quantitative estimate of drug-likeness (QED) is 0.775. The number of hydrogen-bond acceptors (Lipinski definition) is 4. The van der Waals surface area contributed by atoms with Crippen LogP contribution < -0.4 is 5.32 Å². The van der Waals surface area contributed by atoms with Crippen molar-refractivity contribution in [2.45, 2.75) is 12.7 Å². The van der Waals surface area contributed by atoms with Crippen LogP contribution >= 0.6 is 0 Å². The van der Waals surface area contributed by atoms with Crippen molar-refractivity contribution in [3.63, 3.8) is 0 Å². The first-order chi connectivity index (χ1) is 12.4. The summed E-state index contributed by atoms with van der Waals surface area (Å²) in [6, 6.07) is 9.09. The fourth-order valence-corrected chi connectivity index (χ4v) is 2.24. The Morgan fingerprint density at radius 2 is 1.88 bits per heavy atom. The van der Waals surface area contributed by atoms with Crippen LogP contribution in [0.15, 0.2) is 61.2 Å². The molecule has 0 saturated carbocycles. The summed E-state index contributed by atoms with van der Waals surface area (Å²) in [6.45, 7) is 0.204. The van der Waals surface area contributed by atoms with E-state index in [1.807, 2.05) is 12.1 Å². The lowest BCUT2D eigenvalue weighted by Crippen LogP contribution is -2.23. The highest BCUT2D eigenvalue weighted by Crippen LogP contribution is 2.27. The van der Waals surface area contributed by atoms with Gasteiger partial charge in [0.1, 0.15) is 5.69 Å². The van der Waals surface area contributed by atoms with E-state index in [2.05, 4.69) is 20.3 Å². The number of carbonyl (C=O) groups is 1. The van der Waals surface area contributed by atoms with Gasteiger partial charge in [-0.15, -0.1) is 0 Å². The van der Waals surface area contributed by atoms with Gasteiger partial charge < -0.3 is 5.32 Å². The Bertz CT molecular complexity index is 896. The molecule has 0 bridgehead atoms. The van der Waals surface area contributed by atoms with Crippen LogP contribution in [0.2, 0.25) is 0 Å². The van der Waals surface area contributed by atoms with Crippen molar-refractivity contribution >= 4 is 5.91 Å². The molecule has 3 aromatic heterocycles. The molecule has 0 fully saturated rings. The highest BCUT2D eigenvalue weighted by Gasteiger charge is 2.32. The van der Waals surface area contributed by atoms with E-state index in [9.17, 15) is 18.0 Å². The van der Waals surface area contributed by atoms with Gasteiger partial charge in [0.05, 0.1) is 11.3 Å². The maximum atomic E-state index is 12.5. The summed E-state index contributed by atoms with van der Waals surface area (Å²) in [5.41, 5.74) is 1.37. The van der Waals surface area contributed by atoms with Crippen LogP contribution in [0.4, 0.5) is 13.2 Å². The average Bonchev–Trinajstić information content (AvgIpc) is 2.66. The minimum Gasteiger partial charge on any atom is -0.348 e. The smallest absolute Gasteiger partial charge is 0.348 e. The minimum absolute atomic E-state index is 0.0551. The van der Waals surface area contributed by atoms with Crippen LogP contribution in [-0.4, -0.2) is 20.9 Å². The second-order valence-electron chi connectivity index (χ2n) is 5.40. The van der Waals surface area contributed by atoms with E-state index in [1.165, 1.54) is 0 Å². The molecule has 0 spiro atoms. The molecule has 0 radical (unpaired) electrons. The third-order valence-electron chi connectivity index (χ3n) is 3.55. The highest BCUT2D eigenvalue weighted by atomic mass is 19.4. The molecule has 3 rings (SSSR count). The van der Waals surface area contributed by atoms with Crippen molar-refractivity contribution < 1.29 is 18.0 Å². The SMILES string of the molecule is O=C(NCc1ccnc(-c2cccnc2)c1)c1ccc(C(F)(F)F)nc1. The van der Waals surface area contributed by atoms with Crippen LogP contribution in [0.3, 0.4) is 0 Å². The lowest BCUT2D eigenvalue weighted by atomic mass is 10.1. The third-order valence-corrected chi connectivity index (χ3v) is 3.55. The first-order valence-corrected chi connectivity index (χ1v) is 7.60. The van der Waals surface area contributed by atoms with Crippen LogP contribution in [0.5, 0.6) is 0 Å². The first-order valence-electron chi connectivity index (χ1n) is 7.60. The molecule has 0 unspecified atom stereocenters. The number of rotatable bonds is 4. The van der Waals surface area contributed by atoms with Crippen LogP contribution in [-0.2, 0) is 12.7 Å². The monoisotopic (exact) mass is 358 g/mol. The molecule has 3 heterocycles. The lowest BCUT2D eigenvalue weighted by molar-refractivity contribution is -0.141. The number of halogens is 3. The van der Waals surface area contributed by atoms with Crippen molar-refractivity contribution in [2.24, 2.45) is 0 Å². The van der Waals surface area contributed by atoms with Gasteiger partial charge in [-0.2, -0.15) is 13.2 Å². The largest absolute Gasteiger partial charge is 0.433 e. The van der Waals surface area contributed by atoms with Gasteiger partial charge >= 0.3 is 6.18 Å². The topological polar surface area (TPSA) is 67.8 Å². The Morgan fingerprint density at radius 3 is 2.54 bits per heavy atom. The number of amides is 1. The van der Waals surface area contributed by atoms with E-state index in [0.717, 1.165) is 29.5 Å². The molecule has 8 heteroatoms. The summed E-state index contributed by atoms with van der Waals surface area (Å²) in [5, 5.41) is 2.65. The predicted octanol–water partition coefficient (Wildman–Crippen LogP) is 3.49. The molecule has 0 aliphatic carbocycles. The number of aromatic nitrogens is 3. The van der Waals surface area contributed by atoms with Crippen LogP contribution in [0.25, 0.3) is 11.3 Å². The van der Waals surface area contributed by atoms with Gasteiger partial charge in [-0.05, 0) is 42.0 Å². The molecule has 5 nitrogen and oxygen atoms in total. The standard InChI is InChI=1S/C18H13F3N4O/c19-18(20,21)16-4-3-14(11-24-16)17(26)25-9-12-5-7-23-15(8-12)13-2-1-6-22-10-13/h1-8,10-11H,9H2,(H,25,26). The molecule has 0 saturated heterocycles. The van der Waals surface area contributed by atoms with Crippen LogP contribution in [0.1, 0.15) is 21.6 Å². The van der Waals surface area contributed by atoms with Gasteiger partial charge in [-0.25, -0.2) is 0 Å². The molecular formula is C18H13F3N4O. The van der Waals surface area contributed by atoms with E-state index in [1.54, 1.807) is 30.7 Å². The summed E-state index contributed by atoms with van der Waals surface area (Å²) < 4.78 is 37.5. The summed E-state index contributed by atoms with van der Waals surface area (Å²) in [7, 11) is 0. The average molecular weight is 358 g/mol. The summed E-state index contributed by atoms with van der Waals surface area (Å²) >= 11 is 0. The zero-order valence-corrected chi connectivity index (χ0v) is 13.4. The predicted molar refractivity (Wildman–Crippen MR) is 87.9 cm³/mol. The number of nitrogens with one attached hydrogen (secondary N) is 1. The maximum absolute atomic E-state index is 12.5. The molecule has 0 aliphatic rings. The molecule has 1 amide bonds. The van der Waals surface area contributed by atoms with E-state index in [0.29, 0.717) is 5.69 Å². The number of carbonyl (C=O) groups excluding carboxylic acids is 1. The van der Waals surface area contributed by atoms with Gasteiger partial charge in [0.15, 0.2) is 0 Å². The molecule has 3 aromatic rings. The fourth-order valence-electron chi connectivity index (χ4n) is 2.24. The van der Waals surface area contributed by atoms with Crippen molar-refractivity contribution in [3.05, 3.63) is 78.0 Å². The number of nitrogens with zero attached hydrogens (tertiary/aromatic N) is 3. The Hall–Kier alpha value is -3.29. The van der Waals surface area contributed by atoms with E-state index < -0.39 is 17.8 Å². The Balaban J connectivity index is 1.66. The maximum Gasteiger partial charge on any atom is 0.433 e. The zero-order chi connectivity index (χ0) is 18.6. The number of hydrogen-bond donors (Lipinski definition) is 1. The Morgan fingerprint density at radius 1 is 1.04 bits per heavy atom. The van der Waals surface area contributed by atoms with E-state index in [-0.39, 0.29) is 12.1 Å². The summed E-state index contributed by atoms with van der Waals surface area (Å²) in [4.78, 5) is 23.6. The highest BCUT2D eigenvalue weighted by molar-refractivity contribution is 5.93. The van der Waals surface area contributed by atoms with Crippen molar-refractivity contribution in [1.29, 1.82) is 0 Å². The minimum atomic E-state index is -4.53. The summed E-state index contributed by atoms with van der Waals surface area (Å²) in [5.74, 6) is -0.508. The second kappa shape index (κ2) is 7.30. The zero-order valence-electron chi connectivity index (χ0n) is 13.4. The van der Waals surface area contributed by atoms with Gasteiger partial charge in [0, 0.05) is 36.9 Å². The van der Waals surface area contributed by atoms with Crippen molar-refractivity contribution in [3.8, 4) is 11.3 Å². The third kappa shape index (κ3) is 4.21. The number of pyridine rings is 3. The Kier molecular flexibility index (Phi) is 4.92. The lowest BCUT2D eigenvalue weighted by Gasteiger charge is -2.08. The van der Waals surface area contributed by atoms with E-state index in [4.69, 9.17) is 0 Å². The summed E-state index contributed by atoms with van der Waals surface area (Å²) in [6.07, 6.45) is 1.33. The van der Waals surface area contributed by atoms with Gasteiger partial charge in [-0.1, -0.05) is 0 Å². The first kappa shape index (κ1) is 17.5. The van der Waals surface area contributed by atoms with Crippen molar-refractivity contribution in [2.75, 3.05) is 0 Å². The number of alkyl halides is 3. The molecule has 0 atom stereocenters. The van der Waals surface area contributed by atoms with Gasteiger partial charge in [-0.3, -0.25) is 19.7 Å². The second-order valence-corrected chi connectivity index (χ2v) is 5.40. The molecule has 1 N–H and O–H groups in total. The molecule has 0 aliphatic heterocycles. The Labute approximate surface area is 147 Å². The molecular weight excluding hydrogens is 345 g/mol. The normalized spacial score (nSPS) is 11.2. The van der Waals surface area contributed by atoms with E-state index >= 15 is 0 Å².